The Kier molecular flexibility index (Phi) is 8.61. The van der Waals surface area contributed by atoms with Gasteiger partial charge < -0.3 is 10.6 Å². The number of Topliss-reactive ketones (excluding diaryl/α,β-unsaturated/α-hetero) is 1. The Balaban J connectivity index is 1.24. The van der Waals surface area contributed by atoms with Gasteiger partial charge in [-0.15, -0.1) is 0 Å². The monoisotopic (exact) mass is 672 g/mol. The maximum Gasteiger partial charge on any atom is 0.259 e. The Morgan fingerprint density at radius 2 is 1.31 bits per heavy atom. The summed E-state index contributed by atoms with van der Waals surface area (Å²) < 4.78 is 0. The van der Waals surface area contributed by atoms with Crippen LogP contribution in [0.3, 0.4) is 0 Å². The molecule has 222 valence electrons. The van der Waals surface area contributed by atoms with Crippen LogP contribution in [0.1, 0.15) is 21.5 Å². The fraction of sp³-hybridized carbons (Fsp3) is 0. The van der Waals surface area contributed by atoms with Crippen molar-refractivity contribution in [2.24, 2.45) is 5.10 Å². The lowest BCUT2D eigenvalue weighted by molar-refractivity contribution is -0.116. The minimum Gasteiger partial charge on any atom is -0.321 e. The number of ketones is 1. The molecule has 5 aromatic carbocycles. The second-order valence-corrected chi connectivity index (χ2v) is 11.6. The maximum atomic E-state index is 13.7. The molecule has 0 saturated heterocycles. The van der Waals surface area contributed by atoms with E-state index in [-0.39, 0.29) is 42.6 Å². The highest BCUT2D eigenvalue weighted by Gasteiger charge is 2.30. The zero-order valence-electron chi connectivity index (χ0n) is 23.0. The quantitative estimate of drug-likeness (QED) is 0.0951. The number of hydrogen-bond donors (Lipinski definition) is 3. The van der Waals surface area contributed by atoms with Gasteiger partial charge in [-0.3, -0.25) is 19.8 Å². The van der Waals surface area contributed by atoms with E-state index in [0.29, 0.717) is 22.5 Å². The van der Waals surface area contributed by atoms with E-state index in [2.05, 4.69) is 21.2 Å². The Morgan fingerprint density at radius 1 is 0.622 bits per heavy atom. The van der Waals surface area contributed by atoms with Crippen LogP contribution in [0.5, 0.6) is 0 Å². The molecule has 0 heterocycles. The second-order valence-electron chi connectivity index (χ2n) is 9.92. The molecule has 1 aliphatic rings. The fourth-order valence-electron chi connectivity index (χ4n) is 4.79. The number of halogens is 4. The van der Waals surface area contributed by atoms with E-state index in [4.69, 9.17) is 46.4 Å². The maximum absolute atomic E-state index is 13.7. The van der Waals surface area contributed by atoms with Crippen molar-refractivity contribution in [2.45, 2.75) is 0 Å². The summed E-state index contributed by atoms with van der Waals surface area (Å²) in [6.07, 6.45) is 1.55. The second kappa shape index (κ2) is 12.8. The van der Waals surface area contributed by atoms with E-state index in [1.165, 1.54) is 24.3 Å². The molecule has 0 spiro atoms. The molecule has 3 N–H and O–H groups in total. The molecule has 0 atom stereocenters. The molecule has 0 aromatic heterocycles. The Hall–Kier alpha value is -4.66. The molecule has 11 heteroatoms. The smallest absolute Gasteiger partial charge is 0.259 e. The van der Waals surface area contributed by atoms with Crippen molar-refractivity contribution in [3.05, 3.63) is 139 Å². The number of nitrogens with zero attached hydrogens (tertiary/aromatic N) is 1. The molecular formula is C34H20Cl4N4O3. The molecule has 0 aliphatic heterocycles. The topological polar surface area (TPSA) is 99.7 Å². The number of carbonyl (C=O) groups is 3. The number of fused-ring (bicyclic) bond motifs is 2. The van der Waals surface area contributed by atoms with Crippen molar-refractivity contribution in [2.75, 3.05) is 16.1 Å². The summed E-state index contributed by atoms with van der Waals surface area (Å²) in [6, 6.07) is 27.7. The highest BCUT2D eigenvalue weighted by molar-refractivity contribution is 6.59. The molecule has 5 aromatic rings. The highest BCUT2D eigenvalue weighted by Crippen LogP contribution is 2.33. The summed E-state index contributed by atoms with van der Waals surface area (Å²) in [5.41, 5.74) is 5.40. The first kappa shape index (κ1) is 30.4. The third kappa shape index (κ3) is 6.30. The van der Waals surface area contributed by atoms with Gasteiger partial charge in [0.15, 0.2) is 0 Å². The van der Waals surface area contributed by atoms with Gasteiger partial charge in [0.2, 0.25) is 5.78 Å². The van der Waals surface area contributed by atoms with E-state index in [1.807, 2.05) is 42.5 Å². The van der Waals surface area contributed by atoms with Crippen molar-refractivity contribution in [1.29, 1.82) is 0 Å². The average molecular weight is 674 g/mol. The van der Waals surface area contributed by atoms with Crippen molar-refractivity contribution in [3.63, 3.8) is 0 Å². The Morgan fingerprint density at radius 3 is 2.13 bits per heavy atom. The number of hydrogen-bond acceptors (Lipinski definition) is 5. The van der Waals surface area contributed by atoms with E-state index in [0.717, 1.165) is 10.8 Å². The van der Waals surface area contributed by atoms with E-state index in [9.17, 15) is 14.4 Å². The average Bonchev–Trinajstić information content (AvgIpc) is 3.03. The molecule has 0 fully saturated rings. The molecule has 0 bridgehead atoms. The number of hydrazone groups is 1. The number of benzene rings is 5. The van der Waals surface area contributed by atoms with Crippen LogP contribution < -0.4 is 16.1 Å². The summed E-state index contributed by atoms with van der Waals surface area (Å²) in [7, 11) is 0. The van der Waals surface area contributed by atoms with Crippen molar-refractivity contribution in [1.82, 2.24) is 0 Å². The van der Waals surface area contributed by atoms with E-state index < -0.39 is 17.6 Å². The van der Waals surface area contributed by atoms with Gasteiger partial charge >= 0.3 is 0 Å². The minimum atomic E-state index is -0.565. The summed E-state index contributed by atoms with van der Waals surface area (Å²) in [6.45, 7) is 0. The van der Waals surface area contributed by atoms with Crippen LogP contribution in [-0.4, -0.2) is 23.3 Å². The molecule has 7 nitrogen and oxygen atoms in total. The van der Waals surface area contributed by atoms with Crippen LogP contribution in [0.2, 0.25) is 20.1 Å². The Labute approximate surface area is 277 Å². The molecule has 45 heavy (non-hydrogen) atoms. The predicted octanol–water partition coefficient (Wildman–Crippen LogP) is 9.13. The number of amides is 2. The normalized spacial score (nSPS) is 13.3. The lowest BCUT2D eigenvalue weighted by atomic mass is 9.89. The first-order valence-corrected chi connectivity index (χ1v) is 14.9. The van der Waals surface area contributed by atoms with Gasteiger partial charge in [0.05, 0.1) is 37.0 Å². The molecule has 0 saturated carbocycles. The van der Waals surface area contributed by atoms with Crippen LogP contribution in [0.25, 0.3) is 16.8 Å². The molecule has 2 amide bonds. The van der Waals surface area contributed by atoms with E-state index in [1.54, 1.807) is 36.4 Å². The van der Waals surface area contributed by atoms with E-state index >= 15 is 0 Å². The molecule has 0 radical (unpaired) electrons. The number of nitrogens with one attached hydrogen (secondary N) is 3. The molecule has 1 aliphatic carbocycles. The van der Waals surface area contributed by atoms with Crippen molar-refractivity contribution >= 4 is 104 Å². The first-order valence-electron chi connectivity index (χ1n) is 13.4. The SMILES string of the molecule is O=C(Nc1cccc2ccccc12)C1=Cc2ccccc2C(=NNc2ccc(C(=O)Nc3cc(Cl)c(Cl)cc3Cl)cc2Cl)C1=O. The molecule has 6 rings (SSSR count). The first-order chi connectivity index (χ1) is 21.7. The lowest BCUT2D eigenvalue weighted by Crippen LogP contribution is -2.30. The zero-order valence-corrected chi connectivity index (χ0v) is 26.0. The van der Waals surface area contributed by atoms with Gasteiger partial charge in [0.1, 0.15) is 5.71 Å². The molecular weight excluding hydrogens is 654 g/mol. The van der Waals surface area contributed by atoms with Gasteiger partial charge in [-0.05, 0) is 53.4 Å². The highest BCUT2D eigenvalue weighted by atomic mass is 35.5. The van der Waals surface area contributed by atoms with Crippen LogP contribution >= 0.6 is 46.4 Å². The van der Waals surface area contributed by atoms with Gasteiger partial charge in [0.25, 0.3) is 11.8 Å². The summed E-state index contributed by atoms with van der Waals surface area (Å²) in [5, 5.41) is 12.6. The van der Waals surface area contributed by atoms with Crippen LogP contribution in [0.4, 0.5) is 17.1 Å². The largest absolute Gasteiger partial charge is 0.321 e. The van der Waals surface area contributed by atoms with Gasteiger partial charge in [-0.25, -0.2) is 0 Å². The Bertz CT molecular complexity index is 2100. The zero-order chi connectivity index (χ0) is 31.7. The minimum absolute atomic E-state index is 0.0308. The van der Waals surface area contributed by atoms with Crippen molar-refractivity contribution < 1.29 is 14.4 Å². The van der Waals surface area contributed by atoms with Crippen LogP contribution in [0, 0.1) is 0 Å². The van der Waals surface area contributed by atoms with Crippen molar-refractivity contribution in [3.8, 4) is 0 Å². The van der Waals surface area contributed by atoms with Crippen LogP contribution in [-0.2, 0) is 9.59 Å². The third-order valence-electron chi connectivity index (χ3n) is 7.04. The summed E-state index contributed by atoms with van der Waals surface area (Å²) in [4.78, 5) is 40.0. The summed E-state index contributed by atoms with van der Waals surface area (Å²) >= 11 is 24.7. The lowest BCUT2D eigenvalue weighted by Gasteiger charge is -2.18. The van der Waals surface area contributed by atoms with Gasteiger partial charge in [-0.1, -0.05) is 107 Å². The number of anilines is 3. The number of carbonyl (C=O) groups excluding carboxylic acids is 3. The van der Waals surface area contributed by atoms with Gasteiger partial charge in [-0.2, -0.15) is 5.10 Å². The standard InChI is InChI=1S/C34H20Cl4N4O3/c35-24-16-27(38)30(17-25(24)36)40-33(44)20-12-13-29(26(37)15-20)41-42-31-22-10-4-2-7-19(22)14-23(32(31)43)34(45)39-28-11-5-8-18-6-1-3-9-21(18)28/h1-17,41H,(H,39,45)(H,40,44). The molecule has 0 unspecified atom stereocenters. The third-order valence-corrected chi connectivity index (χ3v) is 8.38. The van der Waals surface area contributed by atoms with Crippen LogP contribution in [0.15, 0.2) is 108 Å². The fourth-order valence-corrected chi connectivity index (χ4v) is 5.61. The van der Waals surface area contributed by atoms with Gasteiger partial charge in [0, 0.05) is 22.2 Å². The number of rotatable bonds is 6. The summed E-state index contributed by atoms with van der Waals surface area (Å²) in [5.74, 6) is -1.61. The predicted molar refractivity (Wildman–Crippen MR) is 183 cm³/mol.